The molecule has 1 saturated carbocycles. The van der Waals surface area contributed by atoms with Gasteiger partial charge in [-0.1, -0.05) is 42.5 Å². The Morgan fingerprint density at radius 3 is 2.57 bits per heavy atom. The first kappa shape index (κ1) is 15.0. The van der Waals surface area contributed by atoms with Crippen LogP contribution in [0.3, 0.4) is 0 Å². The number of fused-ring (bicyclic) bond motifs is 1. The van der Waals surface area contributed by atoms with Crippen molar-refractivity contribution in [3.8, 4) is 0 Å². The molecule has 120 valence electrons. The average Bonchev–Trinajstić information content (AvgIpc) is 3.28. The van der Waals surface area contributed by atoms with Crippen LogP contribution in [0, 0.1) is 25.7 Å². The Bertz CT molecular complexity index is 683. The summed E-state index contributed by atoms with van der Waals surface area (Å²) in [6, 6.07) is 16.0. The molecule has 2 aliphatic carbocycles. The summed E-state index contributed by atoms with van der Waals surface area (Å²) in [4.78, 5) is 0. The first-order valence-electron chi connectivity index (χ1n) is 9.34. The normalized spacial score (nSPS) is 25.9. The van der Waals surface area contributed by atoms with Crippen LogP contribution in [0.5, 0.6) is 0 Å². The van der Waals surface area contributed by atoms with Crippen LogP contribution in [0.4, 0.5) is 0 Å². The van der Waals surface area contributed by atoms with E-state index in [0.29, 0.717) is 0 Å². The van der Waals surface area contributed by atoms with Gasteiger partial charge in [-0.3, -0.25) is 0 Å². The molecule has 2 aromatic rings. The standard InChI is InChI=1S/C23H28/c1-16-11-19-9-6-10-20(23(19)12-17(16)2)14-22-15-21(22)13-18-7-4-3-5-8-18/h3-5,7-8,11-12,20-22H,6,9-10,13-15H2,1-2H3. The second-order valence-electron chi connectivity index (χ2n) is 7.91. The molecule has 2 aromatic carbocycles. The summed E-state index contributed by atoms with van der Waals surface area (Å²) < 4.78 is 0. The molecule has 0 saturated heterocycles. The van der Waals surface area contributed by atoms with Crippen LogP contribution < -0.4 is 0 Å². The highest BCUT2D eigenvalue weighted by atomic mass is 14.4. The van der Waals surface area contributed by atoms with Gasteiger partial charge >= 0.3 is 0 Å². The predicted octanol–water partition coefficient (Wildman–Crippen LogP) is 5.99. The van der Waals surface area contributed by atoms with E-state index in [0.717, 1.165) is 17.8 Å². The molecule has 0 aromatic heterocycles. The fourth-order valence-corrected chi connectivity index (χ4v) is 4.57. The van der Waals surface area contributed by atoms with Crippen molar-refractivity contribution < 1.29 is 0 Å². The van der Waals surface area contributed by atoms with Gasteiger partial charge in [0.1, 0.15) is 0 Å². The summed E-state index contributed by atoms with van der Waals surface area (Å²) >= 11 is 0. The Morgan fingerprint density at radius 2 is 1.74 bits per heavy atom. The topological polar surface area (TPSA) is 0 Å². The molecule has 3 unspecified atom stereocenters. The molecule has 0 spiro atoms. The molecule has 0 heteroatoms. The summed E-state index contributed by atoms with van der Waals surface area (Å²) in [5.41, 5.74) is 7.80. The van der Waals surface area contributed by atoms with Crippen LogP contribution in [0.1, 0.15) is 59.4 Å². The minimum absolute atomic E-state index is 0.823. The maximum absolute atomic E-state index is 2.50. The van der Waals surface area contributed by atoms with Crippen LogP contribution in [0.25, 0.3) is 0 Å². The Labute approximate surface area is 140 Å². The van der Waals surface area contributed by atoms with E-state index >= 15 is 0 Å². The number of hydrogen-bond acceptors (Lipinski definition) is 0. The van der Waals surface area contributed by atoms with E-state index in [-0.39, 0.29) is 0 Å². The molecule has 0 nitrogen and oxygen atoms in total. The number of hydrogen-bond donors (Lipinski definition) is 0. The number of aryl methyl sites for hydroxylation is 3. The summed E-state index contributed by atoms with van der Waals surface area (Å²) in [5.74, 6) is 2.73. The number of benzene rings is 2. The lowest BCUT2D eigenvalue weighted by molar-refractivity contribution is 0.477. The third-order valence-electron chi connectivity index (χ3n) is 6.19. The van der Waals surface area contributed by atoms with Gasteiger partial charge in [-0.25, -0.2) is 0 Å². The highest BCUT2D eigenvalue weighted by molar-refractivity contribution is 5.40. The largest absolute Gasteiger partial charge is 0.0622 e. The maximum Gasteiger partial charge on any atom is -0.0156 e. The maximum atomic E-state index is 2.50. The smallest absolute Gasteiger partial charge is 0.0156 e. The highest BCUT2D eigenvalue weighted by Crippen LogP contribution is 2.49. The highest BCUT2D eigenvalue weighted by Gasteiger charge is 2.39. The molecule has 0 N–H and O–H groups in total. The van der Waals surface area contributed by atoms with Crippen molar-refractivity contribution in [3.05, 3.63) is 70.3 Å². The van der Waals surface area contributed by atoms with Gasteiger partial charge in [-0.2, -0.15) is 0 Å². The molecule has 3 atom stereocenters. The minimum Gasteiger partial charge on any atom is -0.0622 e. The van der Waals surface area contributed by atoms with E-state index in [4.69, 9.17) is 0 Å². The minimum atomic E-state index is 0.823. The molecule has 23 heavy (non-hydrogen) atoms. The van der Waals surface area contributed by atoms with E-state index in [1.54, 1.807) is 11.1 Å². The Balaban J connectivity index is 1.43. The Hall–Kier alpha value is -1.56. The fourth-order valence-electron chi connectivity index (χ4n) is 4.57. The Kier molecular flexibility index (Phi) is 4.01. The molecule has 2 aliphatic rings. The van der Waals surface area contributed by atoms with E-state index in [1.807, 2.05) is 0 Å². The van der Waals surface area contributed by atoms with Crippen molar-refractivity contribution in [2.24, 2.45) is 11.8 Å². The van der Waals surface area contributed by atoms with Crippen LogP contribution >= 0.6 is 0 Å². The second kappa shape index (κ2) is 6.15. The molecule has 0 aliphatic heterocycles. The van der Waals surface area contributed by atoms with Gasteiger partial charge in [0.25, 0.3) is 0 Å². The van der Waals surface area contributed by atoms with Crippen LogP contribution in [-0.4, -0.2) is 0 Å². The molecule has 0 heterocycles. The van der Waals surface area contributed by atoms with Gasteiger partial charge in [0.2, 0.25) is 0 Å². The van der Waals surface area contributed by atoms with E-state index < -0.39 is 0 Å². The van der Waals surface area contributed by atoms with Gasteiger partial charge in [0.05, 0.1) is 0 Å². The number of rotatable bonds is 4. The molecular formula is C23H28. The first-order chi connectivity index (χ1) is 11.2. The first-order valence-corrected chi connectivity index (χ1v) is 9.34. The van der Waals surface area contributed by atoms with E-state index in [9.17, 15) is 0 Å². The SMILES string of the molecule is Cc1cc2c(cc1C)C(CC1CC1Cc1ccccc1)CCC2. The molecule has 0 bridgehead atoms. The van der Waals surface area contributed by atoms with Crippen LogP contribution in [0.2, 0.25) is 0 Å². The lowest BCUT2D eigenvalue weighted by Crippen LogP contribution is -2.12. The summed E-state index contributed by atoms with van der Waals surface area (Å²) in [6.45, 7) is 4.53. The lowest BCUT2D eigenvalue weighted by atomic mass is 9.78. The predicted molar refractivity (Wildman–Crippen MR) is 98.0 cm³/mol. The zero-order valence-corrected chi connectivity index (χ0v) is 14.5. The van der Waals surface area contributed by atoms with Gasteiger partial charge in [-0.05, 0) is 97.9 Å². The Morgan fingerprint density at radius 1 is 0.957 bits per heavy atom. The van der Waals surface area contributed by atoms with Gasteiger partial charge < -0.3 is 0 Å². The van der Waals surface area contributed by atoms with Crippen molar-refractivity contribution in [1.29, 1.82) is 0 Å². The summed E-state index contributed by atoms with van der Waals surface area (Å²) in [5, 5.41) is 0. The average molecular weight is 304 g/mol. The molecular weight excluding hydrogens is 276 g/mol. The second-order valence-corrected chi connectivity index (χ2v) is 7.91. The summed E-state index contributed by atoms with van der Waals surface area (Å²) in [7, 11) is 0. The van der Waals surface area contributed by atoms with Gasteiger partial charge in [-0.15, -0.1) is 0 Å². The third kappa shape index (κ3) is 3.22. The van der Waals surface area contributed by atoms with Crippen molar-refractivity contribution in [2.45, 2.75) is 58.3 Å². The quantitative estimate of drug-likeness (QED) is 0.650. The van der Waals surface area contributed by atoms with E-state index in [1.165, 1.54) is 55.2 Å². The molecule has 0 amide bonds. The summed E-state index contributed by atoms with van der Waals surface area (Å²) in [6.07, 6.45) is 8.25. The van der Waals surface area contributed by atoms with Gasteiger partial charge in [0.15, 0.2) is 0 Å². The zero-order valence-electron chi connectivity index (χ0n) is 14.5. The van der Waals surface area contributed by atoms with Crippen molar-refractivity contribution in [1.82, 2.24) is 0 Å². The third-order valence-corrected chi connectivity index (χ3v) is 6.19. The van der Waals surface area contributed by atoms with Crippen molar-refractivity contribution in [3.63, 3.8) is 0 Å². The van der Waals surface area contributed by atoms with Crippen molar-refractivity contribution >= 4 is 0 Å². The van der Waals surface area contributed by atoms with Crippen molar-refractivity contribution in [2.75, 3.05) is 0 Å². The van der Waals surface area contributed by atoms with E-state index in [2.05, 4.69) is 56.3 Å². The molecule has 4 rings (SSSR count). The fraction of sp³-hybridized carbons (Fsp3) is 0.478. The van der Waals surface area contributed by atoms with Gasteiger partial charge in [0, 0.05) is 0 Å². The zero-order chi connectivity index (χ0) is 15.8. The monoisotopic (exact) mass is 304 g/mol. The molecule has 1 fully saturated rings. The van der Waals surface area contributed by atoms with Crippen LogP contribution in [-0.2, 0) is 12.8 Å². The molecule has 0 radical (unpaired) electrons. The van der Waals surface area contributed by atoms with Crippen LogP contribution in [0.15, 0.2) is 42.5 Å². The lowest BCUT2D eigenvalue weighted by Gasteiger charge is -2.27.